The van der Waals surface area contributed by atoms with E-state index < -0.39 is 0 Å². The van der Waals surface area contributed by atoms with E-state index in [-0.39, 0.29) is 0 Å². The average molecular weight is 957 g/mol. The van der Waals surface area contributed by atoms with Gasteiger partial charge >= 0.3 is 0 Å². The van der Waals surface area contributed by atoms with Gasteiger partial charge in [-0.1, -0.05) is 212 Å². The molecule has 0 N–H and O–H groups in total. The van der Waals surface area contributed by atoms with Gasteiger partial charge in [-0.05, 0) is 101 Å². The molecule has 74 heavy (non-hydrogen) atoms. The highest BCUT2D eigenvalue weighted by Crippen LogP contribution is 2.54. The molecule has 2 heterocycles. The Hall–Kier alpha value is -10.0. The minimum absolute atomic E-state index is 0.600. The Morgan fingerprint density at radius 3 is 0.973 bits per heavy atom. The van der Waals surface area contributed by atoms with Crippen molar-refractivity contribution in [3.63, 3.8) is 0 Å². The fourth-order valence-corrected chi connectivity index (χ4v) is 9.44. The van der Waals surface area contributed by atoms with Crippen molar-refractivity contribution in [2.45, 2.75) is 0 Å². The third kappa shape index (κ3) is 9.23. The van der Waals surface area contributed by atoms with Crippen molar-refractivity contribution < 1.29 is 18.9 Å². The second-order valence-electron chi connectivity index (χ2n) is 17.6. The maximum Gasteiger partial charge on any atom is 0.216 e. The molecule has 2 aromatic heterocycles. The van der Waals surface area contributed by atoms with Crippen molar-refractivity contribution in [3.05, 3.63) is 291 Å². The summed E-state index contributed by atoms with van der Waals surface area (Å²) in [6.45, 7) is 0. The quantitative estimate of drug-likeness (QED) is 0.103. The van der Waals surface area contributed by atoms with Crippen LogP contribution in [0.25, 0.3) is 67.3 Å². The van der Waals surface area contributed by atoms with Gasteiger partial charge in [-0.15, -0.1) is 0 Å². The van der Waals surface area contributed by atoms with Crippen LogP contribution in [0.3, 0.4) is 0 Å². The topological polar surface area (TPSA) is 46.8 Å². The summed E-state index contributed by atoms with van der Waals surface area (Å²) in [5.41, 5.74) is 11.2. The Bertz CT molecular complexity index is 3670. The molecule has 6 nitrogen and oxygen atoms in total. The van der Waals surface area contributed by atoms with Crippen molar-refractivity contribution in [1.29, 1.82) is 0 Å². The molecule has 6 heteroatoms. The molecule has 10 aromatic carbocycles. The van der Waals surface area contributed by atoms with Crippen LogP contribution in [0.4, 0.5) is 0 Å². The van der Waals surface area contributed by atoms with Crippen molar-refractivity contribution >= 4 is 0 Å². The van der Waals surface area contributed by atoms with Gasteiger partial charge in [0.05, 0.1) is 16.8 Å². The minimum atomic E-state index is 0.600. The molecule has 12 aromatic rings. The minimum Gasteiger partial charge on any atom is -0.451 e. The van der Waals surface area contributed by atoms with Crippen LogP contribution in [-0.4, -0.2) is 9.13 Å². The van der Waals surface area contributed by atoms with E-state index >= 15 is 0 Å². The van der Waals surface area contributed by atoms with Crippen LogP contribution in [0.1, 0.15) is 0 Å². The molecule has 0 aliphatic heterocycles. The molecule has 0 spiro atoms. The number of hydrogen-bond acceptors (Lipinski definition) is 4. The molecule has 354 valence electrons. The second-order valence-corrected chi connectivity index (χ2v) is 17.6. The summed E-state index contributed by atoms with van der Waals surface area (Å²) in [5, 5.41) is 0. The maximum atomic E-state index is 7.08. The average Bonchev–Trinajstić information content (AvgIpc) is 4.00. The molecule has 0 radical (unpaired) electrons. The number of benzene rings is 10. The molecular weight excluding hydrogens is 909 g/mol. The van der Waals surface area contributed by atoms with Crippen molar-refractivity contribution in [3.8, 4) is 114 Å². The number of rotatable bonds is 15. The van der Waals surface area contributed by atoms with E-state index in [1.165, 1.54) is 0 Å². The van der Waals surface area contributed by atoms with Crippen LogP contribution < -0.4 is 18.9 Å². The van der Waals surface area contributed by atoms with E-state index in [0.717, 1.165) is 67.3 Å². The molecule has 0 saturated carbocycles. The number of ether oxygens (including phenoxy) is 4. The monoisotopic (exact) mass is 956 g/mol. The summed E-state index contributed by atoms with van der Waals surface area (Å²) >= 11 is 0. The largest absolute Gasteiger partial charge is 0.451 e. The zero-order chi connectivity index (χ0) is 49.5. The van der Waals surface area contributed by atoms with Gasteiger partial charge in [-0.2, -0.15) is 0 Å². The van der Waals surface area contributed by atoms with E-state index in [1.807, 2.05) is 158 Å². The first-order valence-corrected chi connectivity index (χ1v) is 24.7. The molecule has 0 unspecified atom stereocenters. The van der Waals surface area contributed by atoms with E-state index in [0.29, 0.717) is 46.3 Å². The third-order valence-electron chi connectivity index (χ3n) is 12.8. The van der Waals surface area contributed by atoms with E-state index in [4.69, 9.17) is 18.9 Å². The van der Waals surface area contributed by atoms with Gasteiger partial charge in [0.15, 0.2) is 11.5 Å². The second kappa shape index (κ2) is 20.7. The summed E-state index contributed by atoms with van der Waals surface area (Å²) in [6.07, 6.45) is 0. The van der Waals surface area contributed by atoms with Crippen molar-refractivity contribution in [2.75, 3.05) is 0 Å². The summed E-state index contributed by atoms with van der Waals surface area (Å²) in [6, 6.07) is 98.4. The SMILES string of the molecule is c1ccc(Oc2c(Oc3ccccc3)c(-c3ccccc3)n(-c3ccc(-c4cccc(-c5c(-c6ccccc6)c(Oc6ccccc6)n(-c6ccccc6)c5Oc5ccccc5)c4)cc3)c2-c2ccccc2)cc1. The fraction of sp³-hybridized carbons (Fsp3) is 0. The maximum absolute atomic E-state index is 7.08. The molecule has 0 bridgehead atoms. The number of para-hydroxylation sites is 5. The molecule has 0 amide bonds. The normalized spacial score (nSPS) is 11.0. The highest BCUT2D eigenvalue weighted by Gasteiger charge is 2.32. The lowest BCUT2D eigenvalue weighted by atomic mass is 9.95. The Morgan fingerprint density at radius 1 is 0.216 bits per heavy atom. The molecule has 0 aliphatic carbocycles. The first-order valence-electron chi connectivity index (χ1n) is 24.7. The zero-order valence-electron chi connectivity index (χ0n) is 40.2. The van der Waals surface area contributed by atoms with Crippen molar-refractivity contribution in [1.82, 2.24) is 9.13 Å². The smallest absolute Gasteiger partial charge is 0.216 e. The number of hydrogen-bond donors (Lipinski definition) is 0. The van der Waals surface area contributed by atoms with Gasteiger partial charge in [-0.25, -0.2) is 4.57 Å². The van der Waals surface area contributed by atoms with Gasteiger partial charge in [0.2, 0.25) is 11.8 Å². The summed E-state index contributed by atoms with van der Waals surface area (Å²) < 4.78 is 32.4. The number of aromatic nitrogens is 2. The molecular formula is C68H48N2O4. The third-order valence-corrected chi connectivity index (χ3v) is 12.8. The van der Waals surface area contributed by atoms with E-state index in [1.54, 1.807) is 0 Å². The predicted octanol–water partition coefficient (Wildman–Crippen LogP) is 18.8. The fourth-order valence-electron chi connectivity index (χ4n) is 9.44. The van der Waals surface area contributed by atoms with Crippen LogP contribution in [0.5, 0.6) is 46.3 Å². The summed E-state index contributed by atoms with van der Waals surface area (Å²) in [4.78, 5) is 0. The molecule has 0 saturated heterocycles. The summed E-state index contributed by atoms with van der Waals surface area (Å²) in [7, 11) is 0. The Kier molecular flexibility index (Phi) is 12.6. The number of nitrogens with zero attached hydrogens (tertiary/aromatic N) is 2. The Balaban J connectivity index is 1.05. The van der Waals surface area contributed by atoms with Crippen LogP contribution in [0.15, 0.2) is 291 Å². The van der Waals surface area contributed by atoms with Crippen LogP contribution in [0, 0.1) is 0 Å². The molecule has 0 aliphatic rings. The van der Waals surface area contributed by atoms with Crippen molar-refractivity contribution in [2.24, 2.45) is 0 Å². The first kappa shape index (κ1) is 45.1. The highest BCUT2D eigenvalue weighted by molar-refractivity contribution is 5.94. The lowest BCUT2D eigenvalue weighted by Gasteiger charge is -2.16. The Morgan fingerprint density at radius 2 is 0.541 bits per heavy atom. The van der Waals surface area contributed by atoms with Gasteiger partial charge in [-0.3, -0.25) is 0 Å². The van der Waals surface area contributed by atoms with Crippen LogP contribution in [-0.2, 0) is 0 Å². The lowest BCUT2D eigenvalue weighted by molar-refractivity contribution is 0.417. The van der Waals surface area contributed by atoms with Gasteiger partial charge in [0.25, 0.3) is 0 Å². The zero-order valence-corrected chi connectivity index (χ0v) is 40.2. The molecule has 12 rings (SSSR count). The van der Waals surface area contributed by atoms with Crippen LogP contribution in [0.2, 0.25) is 0 Å². The van der Waals surface area contributed by atoms with E-state index in [9.17, 15) is 0 Å². The summed E-state index contributed by atoms with van der Waals surface area (Å²) in [5.74, 6) is 5.25. The van der Waals surface area contributed by atoms with Crippen LogP contribution >= 0.6 is 0 Å². The van der Waals surface area contributed by atoms with Gasteiger partial charge in [0, 0.05) is 16.8 Å². The predicted molar refractivity (Wildman–Crippen MR) is 298 cm³/mol. The van der Waals surface area contributed by atoms with Gasteiger partial charge < -0.3 is 23.5 Å². The first-order chi connectivity index (χ1) is 36.7. The molecule has 0 atom stereocenters. The highest BCUT2D eigenvalue weighted by atomic mass is 16.5. The lowest BCUT2D eigenvalue weighted by Crippen LogP contribution is -2.01. The standard InChI is InChI=1S/C68H48N2O4/c1-9-26-50(27-10-1)61-62(68(74-60-42-23-8-24-43-60)70(55-34-15-4-16-35-55)67(61)73-59-40-21-7-22-41-59)54-33-25-32-53(48-54)49-44-46-56(47-45-49)69-63(51-28-11-2-12-29-51)65(71-57-36-17-5-18-37-57)66(72-58-38-19-6-20-39-58)64(69)52-30-13-3-14-31-52/h1-48H. The van der Waals surface area contributed by atoms with E-state index in [2.05, 4.69) is 143 Å². The molecule has 0 fully saturated rings. The Labute approximate surface area is 430 Å². The van der Waals surface area contributed by atoms with Gasteiger partial charge in [0.1, 0.15) is 34.4 Å².